The molecule has 0 bridgehead atoms. The van der Waals surface area contributed by atoms with Crippen LogP contribution in [-0.4, -0.2) is 40.5 Å². The number of likely N-dealkylation sites (N-methyl/N-ethyl adjacent to an activating group) is 1. The largest absolute Gasteiger partial charge is 0.481 e. The Bertz CT molecular complexity index is 621. The minimum atomic E-state index is -0.914. The fourth-order valence-corrected chi connectivity index (χ4v) is 2.57. The SMILES string of the molecule is CC(CN(C)C(=O)Cc1csc(-c2ccco2)n1)C(=O)O. The molecule has 0 aliphatic carbocycles. The van der Waals surface area contributed by atoms with Crippen molar-refractivity contribution in [3.63, 3.8) is 0 Å². The predicted octanol–water partition coefficient (Wildman–Crippen LogP) is 2.12. The number of aliphatic carboxylic acids is 1. The molecule has 7 heteroatoms. The molecule has 1 N–H and O–H groups in total. The van der Waals surface area contributed by atoms with Crippen LogP contribution in [0.2, 0.25) is 0 Å². The molecule has 21 heavy (non-hydrogen) atoms. The van der Waals surface area contributed by atoms with Crippen molar-refractivity contribution in [1.29, 1.82) is 0 Å². The minimum Gasteiger partial charge on any atom is -0.481 e. The number of hydrogen-bond acceptors (Lipinski definition) is 5. The van der Waals surface area contributed by atoms with Crippen molar-refractivity contribution >= 4 is 23.2 Å². The van der Waals surface area contributed by atoms with Crippen LogP contribution in [0, 0.1) is 5.92 Å². The van der Waals surface area contributed by atoms with Crippen LogP contribution in [0.5, 0.6) is 0 Å². The molecule has 0 aliphatic heterocycles. The zero-order valence-electron chi connectivity index (χ0n) is 11.8. The van der Waals surface area contributed by atoms with Crippen molar-refractivity contribution in [3.8, 4) is 10.8 Å². The summed E-state index contributed by atoms with van der Waals surface area (Å²) in [6.45, 7) is 1.76. The highest BCUT2D eigenvalue weighted by atomic mass is 32.1. The van der Waals surface area contributed by atoms with Gasteiger partial charge < -0.3 is 14.4 Å². The number of carbonyl (C=O) groups excluding carboxylic acids is 1. The van der Waals surface area contributed by atoms with Crippen molar-refractivity contribution in [2.75, 3.05) is 13.6 Å². The van der Waals surface area contributed by atoms with Crippen LogP contribution in [0.4, 0.5) is 0 Å². The third-order valence-electron chi connectivity index (χ3n) is 3.01. The first-order valence-corrected chi connectivity index (χ1v) is 7.30. The van der Waals surface area contributed by atoms with Crippen molar-refractivity contribution in [1.82, 2.24) is 9.88 Å². The van der Waals surface area contributed by atoms with Crippen molar-refractivity contribution in [2.24, 2.45) is 5.92 Å². The van der Waals surface area contributed by atoms with Gasteiger partial charge in [0.1, 0.15) is 0 Å². The lowest BCUT2D eigenvalue weighted by atomic mass is 10.1. The summed E-state index contributed by atoms with van der Waals surface area (Å²) in [5.41, 5.74) is 0.659. The number of carboxylic acids is 1. The summed E-state index contributed by atoms with van der Waals surface area (Å²) in [5.74, 6) is -0.984. The fourth-order valence-electron chi connectivity index (χ4n) is 1.78. The van der Waals surface area contributed by atoms with Gasteiger partial charge in [0.2, 0.25) is 5.91 Å². The van der Waals surface area contributed by atoms with E-state index in [1.165, 1.54) is 16.2 Å². The van der Waals surface area contributed by atoms with Gasteiger partial charge in [-0.15, -0.1) is 11.3 Å². The molecule has 1 amide bonds. The van der Waals surface area contributed by atoms with Crippen molar-refractivity contribution in [2.45, 2.75) is 13.3 Å². The molecule has 2 rings (SSSR count). The molecule has 0 radical (unpaired) electrons. The van der Waals surface area contributed by atoms with E-state index >= 15 is 0 Å². The van der Waals surface area contributed by atoms with E-state index in [0.717, 1.165) is 5.01 Å². The molecule has 112 valence electrons. The molecule has 0 saturated heterocycles. The summed E-state index contributed by atoms with van der Waals surface area (Å²) in [4.78, 5) is 28.6. The number of aromatic nitrogens is 1. The van der Waals surface area contributed by atoms with Gasteiger partial charge in [-0.1, -0.05) is 6.92 Å². The molecule has 2 heterocycles. The van der Waals surface area contributed by atoms with Gasteiger partial charge in [-0.25, -0.2) is 4.98 Å². The van der Waals surface area contributed by atoms with Crippen LogP contribution in [0.1, 0.15) is 12.6 Å². The van der Waals surface area contributed by atoms with E-state index < -0.39 is 11.9 Å². The second-order valence-corrected chi connectivity index (χ2v) is 5.67. The van der Waals surface area contributed by atoms with Gasteiger partial charge in [-0.3, -0.25) is 9.59 Å². The first kappa shape index (κ1) is 15.2. The van der Waals surface area contributed by atoms with Gasteiger partial charge >= 0.3 is 5.97 Å². The highest BCUT2D eigenvalue weighted by molar-refractivity contribution is 7.13. The maximum atomic E-state index is 12.0. The van der Waals surface area contributed by atoms with Gasteiger partial charge in [0.05, 0.1) is 24.3 Å². The Labute approximate surface area is 126 Å². The van der Waals surface area contributed by atoms with E-state index in [4.69, 9.17) is 9.52 Å². The highest BCUT2D eigenvalue weighted by Crippen LogP contribution is 2.24. The number of amides is 1. The lowest BCUT2D eigenvalue weighted by molar-refractivity contribution is -0.142. The number of rotatable bonds is 6. The number of carbonyl (C=O) groups is 2. The highest BCUT2D eigenvalue weighted by Gasteiger charge is 2.18. The molecular weight excluding hydrogens is 292 g/mol. The topological polar surface area (TPSA) is 83.6 Å². The van der Waals surface area contributed by atoms with Crippen LogP contribution in [0.3, 0.4) is 0 Å². The normalized spacial score (nSPS) is 12.1. The molecule has 0 spiro atoms. The van der Waals surface area contributed by atoms with E-state index in [1.807, 2.05) is 11.4 Å². The number of thiazole rings is 1. The molecule has 1 unspecified atom stereocenters. The van der Waals surface area contributed by atoms with Crippen LogP contribution < -0.4 is 0 Å². The monoisotopic (exact) mass is 308 g/mol. The summed E-state index contributed by atoms with van der Waals surface area (Å²) in [5, 5.41) is 11.4. The number of hydrogen-bond donors (Lipinski definition) is 1. The Morgan fingerprint density at radius 2 is 2.29 bits per heavy atom. The van der Waals surface area contributed by atoms with Crippen molar-refractivity contribution < 1.29 is 19.1 Å². The molecule has 2 aromatic rings. The van der Waals surface area contributed by atoms with Gasteiger partial charge in [-0.05, 0) is 12.1 Å². The summed E-state index contributed by atoms with van der Waals surface area (Å²) in [6, 6.07) is 3.59. The maximum absolute atomic E-state index is 12.0. The average Bonchev–Trinajstić information content (AvgIpc) is 3.08. The number of nitrogens with zero attached hydrogens (tertiary/aromatic N) is 2. The fraction of sp³-hybridized carbons (Fsp3) is 0.357. The summed E-state index contributed by atoms with van der Waals surface area (Å²) in [7, 11) is 1.60. The van der Waals surface area contributed by atoms with E-state index in [0.29, 0.717) is 11.5 Å². The van der Waals surface area contributed by atoms with Crippen LogP contribution in [-0.2, 0) is 16.0 Å². The number of furan rings is 1. The van der Waals surface area contributed by atoms with Gasteiger partial charge in [0, 0.05) is 19.0 Å². The first-order chi connectivity index (χ1) is 9.97. The third kappa shape index (κ3) is 3.91. The quantitative estimate of drug-likeness (QED) is 0.883. The van der Waals surface area contributed by atoms with Gasteiger partial charge in [-0.2, -0.15) is 0 Å². The summed E-state index contributed by atoms with van der Waals surface area (Å²) in [6.07, 6.45) is 1.72. The summed E-state index contributed by atoms with van der Waals surface area (Å²) < 4.78 is 5.25. The zero-order chi connectivity index (χ0) is 15.4. The minimum absolute atomic E-state index is 0.153. The standard InChI is InChI=1S/C14H16N2O4S/c1-9(14(18)19)7-16(2)12(17)6-10-8-21-13(15-10)11-4-3-5-20-11/h3-5,8-9H,6-7H2,1-2H3,(H,18,19). The van der Waals surface area contributed by atoms with E-state index in [9.17, 15) is 9.59 Å². The van der Waals surface area contributed by atoms with Crippen LogP contribution in [0.15, 0.2) is 28.2 Å². The zero-order valence-corrected chi connectivity index (χ0v) is 12.6. The Balaban J connectivity index is 1.95. The van der Waals surface area contributed by atoms with E-state index in [1.54, 1.807) is 26.3 Å². The smallest absolute Gasteiger partial charge is 0.308 e. The van der Waals surface area contributed by atoms with Crippen LogP contribution >= 0.6 is 11.3 Å². The molecule has 2 aromatic heterocycles. The molecule has 6 nitrogen and oxygen atoms in total. The van der Waals surface area contributed by atoms with Crippen LogP contribution in [0.25, 0.3) is 10.8 Å². The van der Waals surface area contributed by atoms with Gasteiger partial charge in [0.15, 0.2) is 10.8 Å². The molecular formula is C14H16N2O4S. The van der Waals surface area contributed by atoms with E-state index in [2.05, 4.69) is 4.98 Å². The van der Waals surface area contributed by atoms with E-state index in [-0.39, 0.29) is 18.9 Å². The summed E-state index contributed by atoms with van der Waals surface area (Å²) >= 11 is 1.41. The molecule has 0 fully saturated rings. The van der Waals surface area contributed by atoms with Crippen molar-refractivity contribution in [3.05, 3.63) is 29.5 Å². The molecule has 0 aromatic carbocycles. The Morgan fingerprint density at radius 3 is 2.90 bits per heavy atom. The predicted molar refractivity (Wildman–Crippen MR) is 78.0 cm³/mol. The molecule has 0 saturated carbocycles. The van der Waals surface area contributed by atoms with Gasteiger partial charge in [0.25, 0.3) is 0 Å². The third-order valence-corrected chi connectivity index (χ3v) is 3.92. The Kier molecular flexibility index (Phi) is 4.74. The molecule has 0 aliphatic rings. The lowest BCUT2D eigenvalue weighted by Crippen LogP contribution is -2.34. The maximum Gasteiger partial charge on any atom is 0.308 e. The first-order valence-electron chi connectivity index (χ1n) is 6.42. The number of carboxylic acid groups (broad SMARTS) is 1. The molecule has 1 atom stereocenters. The second-order valence-electron chi connectivity index (χ2n) is 4.81. The second kappa shape index (κ2) is 6.53. The Morgan fingerprint density at radius 1 is 1.52 bits per heavy atom. The average molecular weight is 308 g/mol. The Hall–Kier alpha value is -2.15. The lowest BCUT2D eigenvalue weighted by Gasteiger charge is -2.18.